The Bertz CT molecular complexity index is 455. The molecule has 0 unspecified atom stereocenters. The standard InChI is InChI=1S/C8H11N3O4S/c12-6-5-9-11-10-7-1-3-8(4-2-7)16(13,14)15/h1-4,12H,5-6H2,(H,9,10)(H,13,14,15). The second kappa shape index (κ2) is 5.54. The molecular formula is C8H11N3O4S. The van der Waals surface area contributed by atoms with Gasteiger partial charge in [0.05, 0.1) is 23.7 Å². The molecule has 0 aliphatic heterocycles. The molecule has 88 valence electrons. The average molecular weight is 245 g/mol. The molecule has 7 nitrogen and oxygen atoms in total. The van der Waals surface area contributed by atoms with E-state index in [-0.39, 0.29) is 18.0 Å². The number of aliphatic hydroxyl groups excluding tert-OH is 1. The van der Waals surface area contributed by atoms with E-state index in [9.17, 15) is 8.42 Å². The van der Waals surface area contributed by atoms with Crippen molar-refractivity contribution in [3.8, 4) is 0 Å². The van der Waals surface area contributed by atoms with Crippen molar-refractivity contribution in [2.45, 2.75) is 4.90 Å². The minimum absolute atomic E-state index is 0.0904. The highest BCUT2D eigenvalue weighted by Crippen LogP contribution is 2.13. The third-order valence-electron chi connectivity index (χ3n) is 1.60. The Kier molecular flexibility index (Phi) is 4.35. The fourth-order valence-electron chi connectivity index (χ4n) is 0.889. The number of nitrogens with zero attached hydrogens (tertiary/aromatic N) is 2. The third-order valence-corrected chi connectivity index (χ3v) is 2.47. The quantitative estimate of drug-likeness (QED) is 0.402. The smallest absolute Gasteiger partial charge is 0.294 e. The highest BCUT2D eigenvalue weighted by atomic mass is 32.2. The molecule has 0 aromatic heterocycles. The maximum atomic E-state index is 10.7. The number of aliphatic hydroxyl groups is 1. The first-order valence-electron chi connectivity index (χ1n) is 4.35. The van der Waals surface area contributed by atoms with E-state index in [0.717, 1.165) is 0 Å². The summed E-state index contributed by atoms with van der Waals surface area (Å²) in [6.07, 6.45) is 0. The summed E-state index contributed by atoms with van der Waals surface area (Å²) in [4.78, 5) is -0.189. The van der Waals surface area contributed by atoms with Crippen LogP contribution in [0.1, 0.15) is 0 Å². The lowest BCUT2D eigenvalue weighted by atomic mass is 10.3. The van der Waals surface area contributed by atoms with E-state index < -0.39 is 10.1 Å². The van der Waals surface area contributed by atoms with E-state index in [1.165, 1.54) is 24.3 Å². The third kappa shape index (κ3) is 3.93. The molecule has 0 aliphatic carbocycles. The molecule has 1 rings (SSSR count). The van der Waals surface area contributed by atoms with Gasteiger partial charge in [0.25, 0.3) is 10.1 Å². The van der Waals surface area contributed by atoms with Gasteiger partial charge in [-0.05, 0) is 24.3 Å². The Morgan fingerprint density at radius 1 is 1.25 bits per heavy atom. The Morgan fingerprint density at radius 2 is 1.88 bits per heavy atom. The Morgan fingerprint density at radius 3 is 2.38 bits per heavy atom. The van der Waals surface area contributed by atoms with Crippen molar-refractivity contribution >= 4 is 15.8 Å². The molecule has 0 aliphatic rings. The van der Waals surface area contributed by atoms with Crippen molar-refractivity contribution in [2.24, 2.45) is 10.3 Å². The fraction of sp³-hybridized carbons (Fsp3) is 0.250. The van der Waals surface area contributed by atoms with Crippen LogP contribution >= 0.6 is 0 Å². The number of benzene rings is 1. The van der Waals surface area contributed by atoms with Gasteiger partial charge in [-0.1, -0.05) is 5.22 Å². The number of nitrogens with one attached hydrogen (secondary N) is 1. The second-order valence-electron chi connectivity index (χ2n) is 2.80. The number of anilines is 1. The molecule has 16 heavy (non-hydrogen) atoms. The van der Waals surface area contributed by atoms with Crippen molar-refractivity contribution in [1.29, 1.82) is 0 Å². The second-order valence-corrected chi connectivity index (χ2v) is 4.22. The lowest BCUT2D eigenvalue weighted by Gasteiger charge is -2.00. The maximum absolute atomic E-state index is 10.7. The maximum Gasteiger partial charge on any atom is 0.294 e. The minimum atomic E-state index is -4.16. The van der Waals surface area contributed by atoms with Crippen molar-refractivity contribution in [1.82, 2.24) is 0 Å². The summed E-state index contributed by atoms with van der Waals surface area (Å²) in [7, 11) is -4.16. The predicted octanol–water partition coefficient (Wildman–Crippen LogP) is 0.705. The zero-order valence-electron chi connectivity index (χ0n) is 8.24. The van der Waals surface area contributed by atoms with Crippen molar-refractivity contribution < 1.29 is 18.1 Å². The molecule has 0 saturated heterocycles. The molecule has 0 bridgehead atoms. The van der Waals surface area contributed by atoms with Gasteiger partial charge >= 0.3 is 0 Å². The molecule has 3 N–H and O–H groups in total. The Labute approximate surface area is 92.6 Å². The summed E-state index contributed by atoms with van der Waals surface area (Å²) >= 11 is 0. The van der Waals surface area contributed by atoms with Crippen LogP contribution in [-0.4, -0.2) is 31.2 Å². The molecular weight excluding hydrogens is 234 g/mol. The summed E-state index contributed by atoms with van der Waals surface area (Å²) in [5.41, 5.74) is 3.05. The largest absolute Gasteiger partial charge is 0.394 e. The van der Waals surface area contributed by atoms with E-state index in [0.29, 0.717) is 5.69 Å². The van der Waals surface area contributed by atoms with Crippen LogP contribution in [0, 0.1) is 0 Å². The highest BCUT2D eigenvalue weighted by molar-refractivity contribution is 7.85. The fourth-order valence-corrected chi connectivity index (χ4v) is 1.37. The van der Waals surface area contributed by atoms with Gasteiger partial charge < -0.3 is 5.11 Å². The van der Waals surface area contributed by atoms with Gasteiger partial charge in [0.2, 0.25) is 0 Å². The van der Waals surface area contributed by atoms with Crippen LogP contribution in [0.5, 0.6) is 0 Å². The topological polar surface area (TPSA) is 111 Å². The van der Waals surface area contributed by atoms with Crippen LogP contribution in [0.4, 0.5) is 5.69 Å². The molecule has 0 spiro atoms. The minimum Gasteiger partial charge on any atom is -0.394 e. The first kappa shape index (κ1) is 12.6. The van der Waals surface area contributed by atoms with E-state index in [1.54, 1.807) is 0 Å². The van der Waals surface area contributed by atoms with Crippen molar-refractivity contribution in [3.63, 3.8) is 0 Å². The molecule has 0 radical (unpaired) electrons. The van der Waals surface area contributed by atoms with Gasteiger partial charge in [-0.25, -0.2) is 0 Å². The SMILES string of the molecule is O=S(=O)(O)c1ccc(NN=NCCO)cc1. The van der Waals surface area contributed by atoms with Gasteiger partial charge in [0, 0.05) is 0 Å². The van der Waals surface area contributed by atoms with Crippen LogP contribution < -0.4 is 5.43 Å². The van der Waals surface area contributed by atoms with Gasteiger partial charge in [0.15, 0.2) is 0 Å². The van der Waals surface area contributed by atoms with Gasteiger partial charge in [-0.3, -0.25) is 9.98 Å². The average Bonchev–Trinajstić information content (AvgIpc) is 2.24. The van der Waals surface area contributed by atoms with E-state index in [2.05, 4.69) is 15.8 Å². The van der Waals surface area contributed by atoms with E-state index in [4.69, 9.17) is 9.66 Å². The summed E-state index contributed by atoms with van der Waals surface area (Å²) in [6.45, 7) is 0.100. The highest BCUT2D eigenvalue weighted by Gasteiger charge is 2.07. The zero-order valence-corrected chi connectivity index (χ0v) is 9.05. The summed E-state index contributed by atoms with van der Waals surface area (Å²) in [6, 6.07) is 5.33. The number of hydrogen-bond acceptors (Lipinski definition) is 5. The monoisotopic (exact) mass is 245 g/mol. The summed E-state index contributed by atoms with van der Waals surface area (Å²) < 4.78 is 30.1. The molecule has 0 atom stereocenters. The van der Waals surface area contributed by atoms with Gasteiger partial charge in [-0.2, -0.15) is 13.5 Å². The van der Waals surface area contributed by atoms with E-state index in [1.807, 2.05) is 0 Å². The molecule has 0 heterocycles. The van der Waals surface area contributed by atoms with Gasteiger partial charge in [-0.15, -0.1) is 0 Å². The lowest BCUT2D eigenvalue weighted by molar-refractivity contribution is 0.304. The first-order valence-corrected chi connectivity index (χ1v) is 5.79. The van der Waals surface area contributed by atoms with Crippen molar-refractivity contribution in [3.05, 3.63) is 24.3 Å². The number of hydrogen-bond donors (Lipinski definition) is 3. The molecule has 1 aromatic carbocycles. The molecule has 0 amide bonds. The summed E-state index contributed by atoms with van der Waals surface area (Å²) in [5.74, 6) is 0. The number of rotatable bonds is 5. The van der Waals surface area contributed by atoms with E-state index >= 15 is 0 Å². The molecule has 0 fully saturated rings. The Balaban J connectivity index is 2.66. The van der Waals surface area contributed by atoms with Crippen LogP contribution in [-0.2, 0) is 10.1 Å². The zero-order chi connectivity index (χ0) is 12.0. The molecule has 1 aromatic rings. The first-order chi connectivity index (χ1) is 7.54. The van der Waals surface area contributed by atoms with Crippen LogP contribution in [0.2, 0.25) is 0 Å². The van der Waals surface area contributed by atoms with Crippen LogP contribution in [0.3, 0.4) is 0 Å². The van der Waals surface area contributed by atoms with Crippen molar-refractivity contribution in [2.75, 3.05) is 18.6 Å². The van der Waals surface area contributed by atoms with Gasteiger partial charge in [0.1, 0.15) is 0 Å². The van der Waals surface area contributed by atoms with Crippen LogP contribution in [0.15, 0.2) is 39.5 Å². The molecule has 8 heteroatoms. The summed E-state index contributed by atoms with van der Waals surface area (Å²) in [5, 5.41) is 15.5. The lowest BCUT2D eigenvalue weighted by Crippen LogP contribution is -1.98. The predicted molar refractivity (Wildman–Crippen MR) is 56.7 cm³/mol. The molecule has 0 saturated carbocycles. The normalized spacial score (nSPS) is 11.9. The Hall–Kier alpha value is -1.51. The van der Waals surface area contributed by atoms with Crippen LogP contribution in [0.25, 0.3) is 0 Å².